The van der Waals surface area contributed by atoms with Gasteiger partial charge in [0.25, 0.3) is 5.91 Å². The van der Waals surface area contributed by atoms with Crippen LogP contribution in [0.1, 0.15) is 35.7 Å². The van der Waals surface area contributed by atoms with Crippen molar-refractivity contribution in [3.63, 3.8) is 0 Å². The van der Waals surface area contributed by atoms with Gasteiger partial charge in [-0.1, -0.05) is 17.7 Å². The fraction of sp³-hybridized carbons (Fsp3) is 0.381. The van der Waals surface area contributed by atoms with Gasteiger partial charge >= 0.3 is 0 Å². The number of aromatic nitrogens is 3. The molecule has 7 nitrogen and oxygen atoms in total. The van der Waals surface area contributed by atoms with Gasteiger partial charge < -0.3 is 15.4 Å². The minimum absolute atomic E-state index is 0.0464. The van der Waals surface area contributed by atoms with Crippen molar-refractivity contribution in [2.45, 2.75) is 38.9 Å². The van der Waals surface area contributed by atoms with Crippen LogP contribution in [0.3, 0.4) is 0 Å². The van der Waals surface area contributed by atoms with Gasteiger partial charge in [0.15, 0.2) is 5.65 Å². The lowest BCUT2D eigenvalue weighted by atomic mass is 10.1. The van der Waals surface area contributed by atoms with Crippen LogP contribution in [0.15, 0.2) is 30.6 Å². The summed E-state index contributed by atoms with van der Waals surface area (Å²) in [5.41, 5.74) is 2.17. The quantitative estimate of drug-likeness (QED) is 0.621. The van der Waals surface area contributed by atoms with E-state index in [1.165, 1.54) is 6.07 Å². The average molecular weight is 432 g/mol. The third-order valence-electron chi connectivity index (χ3n) is 5.23. The van der Waals surface area contributed by atoms with Crippen molar-refractivity contribution in [2.24, 2.45) is 0 Å². The Bertz CT molecular complexity index is 1060. The Labute approximate surface area is 178 Å². The maximum atomic E-state index is 14.1. The Morgan fingerprint density at radius 1 is 1.33 bits per heavy atom. The minimum Gasteiger partial charge on any atom is -0.381 e. The standard InChI is InChI=1S/C21H23ClFN5O2/c1-2-28-20-16(12-26-28)19(27-15-5-7-30-8-6-15)17(11-24-20)21(29)25-10-13-3-4-14(22)9-18(13)23/h3-4,9,11-12,15H,2,5-8,10H2,1H3,(H,24,27)(H,25,29). The summed E-state index contributed by atoms with van der Waals surface area (Å²) in [6, 6.07) is 4.58. The zero-order valence-electron chi connectivity index (χ0n) is 16.6. The number of halogens is 2. The Kier molecular flexibility index (Phi) is 6.15. The molecule has 1 aliphatic heterocycles. The minimum atomic E-state index is -0.457. The van der Waals surface area contributed by atoms with Crippen LogP contribution in [0.4, 0.5) is 10.1 Å². The van der Waals surface area contributed by atoms with Crippen LogP contribution in [-0.2, 0) is 17.8 Å². The lowest BCUT2D eigenvalue weighted by molar-refractivity contribution is 0.0904. The molecular formula is C21H23ClFN5O2. The van der Waals surface area contributed by atoms with Crippen LogP contribution in [0.25, 0.3) is 11.0 Å². The number of rotatable bonds is 6. The van der Waals surface area contributed by atoms with Crippen molar-refractivity contribution >= 4 is 34.2 Å². The number of carbonyl (C=O) groups is 1. The summed E-state index contributed by atoms with van der Waals surface area (Å²) < 4.78 is 21.3. The molecule has 1 saturated heterocycles. The predicted molar refractivity (Wildman–Crippen MR) is 113 cm³/mol. The van der Waals surface area contributed by atoms with Crippen molar-refractivity contribution in [2.75, 3.05) is 18.5 Å². The monoisotopic (exact) mass is 431 g/mol. The Morgan fingerprint density at radius 3 is 2.87 bits per heavy atom. The summed E-state index contributed by atoms with van der Waals surface area (Å²) >= 11 is 5.80. The molecule has 0 saturated carbocycles. The second-order valence-corrected chi connectivity index (χ2v) is 7.63. The Hall–Kier alpha value is -2.71. The Balaban J connectivity index is 1.62. The molecule has 3 heterocycles. The number of aryl methyl sites for hydroxylation is 1. The molecule has 1 fully saturated rings. The van der Waals surface area contributed by atoms with Gasteiger partial charge in [0, 0.05) is 49.1 Å². The SMILES string of the molecule is CCn1ncc2c(NC3CCOCC3)c(C(=O)NCc3ccc(Cl)cc3F)cnc21. The molecule has 0 atom stereocenters. The first-order valence-electron chi connectivity index (χ1n) is 9.97. The van der Waals surface area contributed by atoms with E-state index in [9.17, 15) is 9.18 Å². The van der Waals surface area contributed by atoms with E-state index < -0.39 is 5.82 Å². The summed E-state index contributed by atoms with van der Waals surface area (Å²) in [7, 11) is 0. The third-order valence-corrected chi connectivity index (χ3v) is 5.47. The van der Waals surface area contributed by atoms with Gasteiger partial charge in [-0.2, -0.15) is 5.10 Å². The average Bonchev–Trinajstić information content (AvgIpc) is 3.17. The number of pyridine rings is 1. The van der Waals surface area contributed by atoms with Crippen LogP contribution < -0.4 is 10.6 Å². The Morgan fingerprint density at radius 2 is 2.13 bits per heavy atom. The summed E-state index contributed by atoms with van der Waals surface area (Å²) in [6.45, 7) is 4.06. The zero-order chi connectivity index (χ0) is 21.1. The van der Waals surface area contributed by atoms with Crippen molar-refractivity contribution in [1.29, 1.82) is 0 Å². The highest BCUT2D eigenvalue weighted by Gasteiger charge is 2.22. The smallest absolute Gasteiger partial charge is 0.255 e. The molecule has 0 bridgehead atoms. The first-order valence-corrected chi connectivity index (χ1v) is 10.4. The summed E-state index contributed by atoms with van der Waals surface area (Å²) in [5.74, 6) is -0.793. The number of carbonyl (C=O) groups excluding carboxylic acids is 1. The van der Waals surface area contributed by atoms with E-state index >= 15 is 0 Å². The van der Waals surface area contributed by atoms with E-state index in [1.54, 1.807) is 29.2 Å². The normalized spacial score (nSPS) is 14.8. The molecule has 0 aliphatic carbocycles. The van der Waals surface area contributed by atoms with Gasteiger partial charge in [-0.3, -0.25) is 4.79 Å². The molecule has 4 rings (SSSR count). The van der Waals surface area contributed by atoms with Gasteiger partial charge in [-0.25, -0.2) is 14.1 Å². The summed E-state index contributed by atoms with van der Waals surface area (Å²) in [6.07, 6.45) is 4.97. The molecule has 0 spiro atoms. The highest BCUT2D eigenvalue weighted by Crippen LogP contribution is 2.28. The van der Waals surface area contributed by atoms with Gasteiger partial charge in [0.2, 0.25) is 0 Å². The summed E-state index contributed by atoms with van der Waals surface area (Å²) in [5, 5.41) is 11.8. The predicted octanol–water partition coefficient (Wildman–Crippen LogP) is 3.76. The highest BCUT2D eigenvalue weighted by molar-refractivity contribution is 6.30. The number of ether oxygens (including phenoxy) is 1. The molecule has 2 N–H and O–H groups in total. The van der Waals surface area contributed by atoms with Gasteiger partial charge in [0.1, 0.15) is 5.82 Å². The van der Waals surface area contributed by atoms with Crippen LogP contribution in [0, 0.1) is 5.82 Å². The van der Waals surface area contributed by atoms with Gasteiger partial charge in [0.05, 0.1) is 22.8 Å². The number of amides is 1. The molecule has 3 aromatic rings. The van der Waals surface area contributed by atoms with Crippen molar-refractivity contribution in [1.82, 2.24) is 20.1 Å². The molecule has 1 aromatic carbocycles. The molecule has 0 unspecified atom stereocenters. The second kappa shape index (κ2) is 8.97. The number of benzene rings is 1. The highest BCUT2D eigenvalue weighted by atomic mass is 35.5. The van der Waals surface area contributed by atoms with Crippen molar-refractivity contribution in [3.05, 3.63) is 52.6 Å². The number of fused-ring (bicyclic) bond motifs is 1. The number of anilines is 1. The lowest BCUT2D eigenvalue weighted by Gasteiger charge is -2.25. The number of hydrogen-bond acceptors (Lipinski definition) is 5. The van der Waals surface area contributed by atoms with E-state index in [1.807, 2.05) is 6.92 Å². The van der Waals surface area contributed by atoms with Gasteiger partial charge in [-0.15, -0.1) is 0 Å². The molecule has 2 aromatic heterocycles. The fourth-order valence-corrected chi connectivity index (χ4v) is 3.73. The molecular weight excluding hydrogens is 409 g/mol. The topological polar surface area (TPSA) is 81.1 Å². The molecule has 0 radical (unpaired) electrons. The maximum Gasteiger partial charge on any atom is 0.255 e. The van der Waals surface area contributed by atoms with E-state index in [0.29, 0.717) is 47.2 Å². The number of nitrogens with zero attached hydrogens (tertiary/aromatic N) is 3. The van der Waals surface area contributed by atoms with E-state index in [-0.39, 0.29) is 18.5 Å². The van der Waals surface area contributed by atoms with E-state index in [2.05, 4.69) is 20.7 Å². The van der Waals surface area contributed by atoms with Crippen molar-refractivity contribution < 1.29 is 13.9 Å². The lowest BCUT2D eigenvalue weighted by Crippen LogP contribution is -2.30. The van der Waals surface area contributed by atoms with Crippen LogP contribution in [0.2, 0.25) is 5.02 Å². The number of hydrogen-bond donors (Lipinski definition) is 2. The molecule has 158 valence electrons. The van der Waals surface area contributed by atoms with Crippen LogP contribution in [-0.4, -0.2) is 39.9 Å². The second-order valence-electron chi connectivity index (χ2n) is 7.19. The van der Waals surface area contributed by atoms with E-state index in [0.717, 1.165) is 18.2 Å². The van der Waals surface area contributed by atoms with Crippen molar-refractivity contribution in [3.8, 4) is 0 Å². The largest absolute Gasteiger partial charge is 0.381 e. The molecule has 1 amide bonds. The molecule has 9 heteroatoms. The first-order chi connectivity index (χ1) is 14.6. The maximum absolute atomic E-state index is 14.1. The summed E-state index contributed by atoms with van der Waals surface area (Å²) in [4.78, 5) is 17.4. The fourth-order valence-electron chi connectivity index (χ4n) is 3.57. The van der Waals surface area contributed by atoms with E-state index in [4.69, 9.17) is 16.3 Å². The van der Waals surface area contributed by atoms with Crippen LogP contribution >= 0.6 is 11.6 Å². The molecule has 1 aliphatic rings. The first kappa shape index (κ1) is 20.6. The zero-order valence-corrected chi connectivity index (χ0v) is 17.4. The van der Waals surface area contributed by atoms with Crippen LogP contribution in [0.5, 0.6) is 0 Å². The third kappa shape index (κ3) is 4.24. The van der Waals surface area contributed by atoms with Gasteiger partial charge in [-0.05, 0) is 31.9 Å². The molecule has 30 heavy (non-hydrogen) atoms. The number of nitrogens with one attached hydrogen (secondary N) is 2.